The first kappa shape index (κ1) is 15.9. The average molecular weight is 327 g/mol. The fourth-order valence-electron chi connectivity index (χ4n) is 3.80. The van der Waals surface area contributed by atoms with Crippen LogP contribution >= 0.6 is 0 Å². The molecule has 3 aliphatic rings. The number of nitriles is 1. The molecule has 1 aromatic rings. The predicted molar refractivity (Wildman–Crippen MR) is 92.0 cm³/mol. The summed E-state index contributed by atoms with van der Waals surface area (Å²) < 4.78 is 12.2. The summed E-state index contributed by atoms with van der Waals surface area (Å²) in [5.74, 6) is 0.887. The Morgan fingerprint density at radius 3 is 2.71 bits per heavy atom. The Balaban J connectivity index is 1.48. The number of nitrogens with zero attached hydrogens (tertiary/aromatic N) is 3. The highest BCUT2D eigenvalue weighted by molar-refractivity contribution is 5.50. The van der Waals surface area contributed by atoms with Gasteiger partial charge in [0.2, 0.25) is 0 Å². The van der Waals surface area contributed by atoms with Crippen molar-refractivity contribution in [3.05, 3.63) is 29.8 Å². The summed E-state index contributed by atoms with van der Waals surface area (Å²) in [6.07, 6.45) is 2.76. The molecule has 0 N–H and O–H groups in total. The van der Waals surface area contributed by atoms with Gasteiger partial charge in [-0.2, -0.15) is 5.26 Å². The van der Waals surface area contributed by atoms with E-state index in [2.05, 4.69) is 15.9 Å². The number of hydrogen-bond donors (Lipinski definition) is 0. The summed E-state index contributed by atoms with van der Waals surface area (Å²) in [7, 11) is 0. The number of hydrogen-bond acceptors (Lipinski definition) is 5. The summed E-state index contributed by atoms with van der Waals surface area (Å²) in [5, 5.41) is 8.97. The monoisotopic (exact) mass is 327 g/mol. The van der Waals surface area contributed by atoms with E-state index in [1.807, 2.05) is 24.3 Å². The van der Waals surface area contributed by atoms with Crippen molar-refractivity contribution in [2.24, 2.45) is 5.92 Å². The largest absolute Gasteiger partial charge is 0.377 e. The Morgan fingerprint density at radius 1 is 1.12 bits per heavy atom. The van der Waals surface area contributed by atoms with E-state index in [1.165, 1.54) is 19.4 Å². The van der Waals surface area contributed by atoms with Crippen molar-refractivity contribution in [1.82, 2.24) is 4.90 Å². The van der Waals surface area contributed by atoms with Gasteiger partial charge in [-0.3, -0.25) is 4.90 Å². The van der Waals surface area contributed by atoms with Crippen LogP contribution in [0.4, 0.5) is 5.69 Å². The molecule has 1 aromatic carbocycles. The average Bonchev–Trinajstić information content (AvgIpc) is 3.44. The highest BCUT2D eigenvalue weighted by atomic mass is 16.5. The zero-order valence-corrected chi connectivity index (χ0v) is 14.1. The summed E-state index contributed by atoms with van der Waals surface area (Å²) in [5.41, 5.74) is 1.63. The van der Waals surface area contributed by atoms with Crippen molar-refractivity contribution in [3.63, 3.8) is 0 Å². The topological polar surface area (TPSA) is 48.7 Å². The van der Waals surface area contributed by atoms with Gasteiger partial charge in [-0.05, 0) is 43.0 Å². The zero-order valence-electron chi connectivity index (χ0n) is 14.1. The molecule has 128 valence electrons. The quantitative estimate of drug-likeness (QED) is 0.848. The van der Waals surface area contributed by atoms with Crippen LogP contribution in [0.1, 0.15) is 18.4 Å². The molecule has 0 amide bonds. The molecular weight excluding hydrogens is 302 g/mol. The second-order valence-electron chi connectivity index (χ2n) is 7.34. The van der Waals surface area contributed by atoms with E-state index in [-0.39, 0.29) is 5.60 Å². The lowest BCUT2D eigenvalue weighted by Gasteiger charge is -2.44. The third-order valence-electron chi connectivity index (χ3n) is 5.25. The molecule has 1 atom stereocenters. The van der Waals surface area contributed by atoms with E-state index in [1.54, 1.807) is 0 Å². The van der Waals surface area contributed by atoms with Gasteiger partial charge in [-0.25, -0.2) is 0 Å². The van der Waals surface area contributed by atoms with Crippen molar-refractivity contribution in [2.75, 3.05) is 57.4 Å². The molecule has 2 aliphatic heterocycles. The molecule has 1 saturated carbocycles. The Labute approximate surface area is 143 Å². The lowest BCUT2D eigenvalue weighted by atomic mass is 10.0. The minimum absolute atomic E-state index is 0.239. The SMILES string of the molecule is N#Cc1ccc(N2CCOC3(COCCN(CC4CC4)C3)C2)cc1. The normalized spacial score (nSPS) is 28.5. The fraction of sp³-hybridized carbons (Fsp3) is 0.632. The van der Waals surface area contributed by atoms with Gasteiger partial charge in [0.1, 0.15) is 5.60 Å². The first-order valence-electron chi connectivity index (χ1n) is 8.96. The molecule has 2 saturated heterocycles. The molecule has 0 bridgehead atoms. The van der Waals surface area contributed by atoms with Crippen LogP contribution in [0.5, 0.6) is 0 Å². The molecule has 1 aliphatic carbocycles. The molecule has 4 rings (SSSR count). The molecule has 5 heteroatoms. The van der Waals surface area contributed by atoms with Gasteiger partial charge in [0.25, 0.3) is 0 Å². The van der Waals surface area contributed by atoms with Crippen LogP contribution in [0.25, 0.3) is 0 Å². The van der Waals surface area contributed by atoms with Crippen LogP contribution < -0.4 is 4.90 Å². The van der Waals surface area contributed by atoms with E-state index in [0.717, 1.165) is 51.0 Å². The standard InChI is InChI=1S/C19H25N3O2/c20-11-16-3-5-18(6-4-16)22-8-10-24-19(14-22)13-21(7-9-23-15-19)12-17-1-2-17/h3-6,17H,1-2,7-10,12-15H2. The number of morpholine rings is 1. The van der Waals surface area contributed by atoms with Crippen LogP contribution in [-0.4, -0.2) is 63.0 Å². The maximum absolute atomic E-state index is 8.97. The molecule has 0 radical (unpaired) electrons. The number of benzene rings is 1. The first-order chi connectivity index (χ1) is 11.8. The summed E-state index contributed by atoms with van der Waals surface area (Å²) in [6, 6.07) is 10.0. The lowest BCUT2D eigenvalue weighted by Crippen LogP contribution is -2.59. The van der Waals surface area contributed by atoms with Crippen molar-refractivity contribution in [2.45, 2.75) is 18.4 Å². The van der Waals surface area contributed by atoms with Crippen LogP contribution in [0.15, 0.2) is 24.3 Å². The van der Waals surface area contributed by atoms with E-state index >= 15 is 0 Å². The van der Waals surface area contributed by atoms with Gasteiger partial charge in [-0.1, -0.05) is 0 Å². The molecule has 2 heterocycles. The van der Waals surface area contributed by atoms with Gasteiger partial charge in [0, 0.05) is 31.9 Å². The second-order valence-corrected chi connectivity index (χ2v) is 7.34. The summed E-state index contributed by atoms with van der Waals surface area (Å²) >= 11 is 0. The minimum Gasteiger partial charge on any atom is -0.377 e. The number of ether oxygens (including phenoxy) is 2. The Bertz CT molecular complexity index is 608. The highest BCUT2D eigenvalue weighted by Crippen LogP contribution is 2.32. The summed E-state index contributed by atoms with van der Waals surface area (Å²) in [6.45, 7) is 7.08. The van der Waals surface area contributed by atoms with Gasteiger partial charge >= 0.3 is 0 Å². The fourth-order valence-corrected chi connectivity index (χ4v) is 3.80. The lowest BCUT2D eigenvalue weighted by molar-refractivity contribution is -0.0997. The van der Waals surface area contributed by atoms with Crippen molar-refractivity contribution in [3.8, 4) is 6.07 Å². The smallest absolute Gasteiger partial charge is 0.121 e. The van der Waals surface area contributed by atoms with E-state index in [0.29, 0.717) is 12.2 Å². The van der Waals surface area contributed by atoms with Gasteiger partial charge < -0.3 is 14.4 Å². The molecule has 5 nitrogen and oxygen atoms in total. The molecule has 0 aromatic heterocycles. The third-order valence-corrected chi connectivity index (χ3v) is 5.25. The van der Waals surface area contributed by atoms with Crippen LogP contribution in [0.3, 0.4) is 0 Å². The van der Waals surface area contributed by atoms with E-state index in [9.17, 15) is 0 Å². The van der Waals surface area contributed by atoms with Crippen molar-refractivity contribution in [1.29, 1.82) is 5.26 Å². The predicted octanol–water partition coefficient (Wildman–Crippen LogP) is 1.88. The van der Waals surface area contributed by atoms with Gasteiger partial charge in [-0.15, -0.1) is 0 Å². The summed E-state index contributed by atoms with van der Waals surface area (Å²) in [4.78, 5) is 4.90. The number of anilines is 1. The van der Waals surface area contributed by atoms with Gasteiger partial charge in [0.05, 0.1) is 38.0 Å². The Morgan fingerprint density at radius 2 is 1.96 bits per heavy atom. The van der Waals surface area contributed by atoms with E-state index < -0.39 is 0 Å². The van der Waals surface area contributed by atoms with Gasteiger partial charge in [0.15, 0.2) is 0 Å². The van der Waals surface area contributed by atoms with Crippen LogP contribution in [0.2, 0.25) is 0 Å². The van der Waals surface area contributed by atoms with Crippen LogP contribution in [0, 0.1) is 17.2 Å². The third kappa shape index (κ3) is 3.56. The highest BCUT2D eigenvalue weighted by Gasteiger charge is 2.41. The Kier molecular flexibility index (Phi) is 4.45. The minimum atomic E-state index is -0.239. The Hall–Kier alpha value is -1.61. The molecule has 1 unspecified atom stereocenters. The van der Waals surface area contributed by atoms with Crippen molar-refractivity contribution < 1.29 is 9.47 Å². The molecule has 3 fully saturated rings. The molecular formula is C19H25N3O2. The maximum atomic E-state index is 8.97. The van der Waals surface area contributed by atoms with E-state index in [4.69, 9.17) is 14.7 Å². The first-order valence-corrected chi connectivity index (χ1v) is 8.96. The zero-order chi connectivity index (χ0) is 16.4. The second kappa shape index (κ2) is 6.72. The molecule has 24 heavy (non-hydrogen) atoms. The maximum Gasteiger partial charge on any atom is 0.121 e. The number of rotatable bonds is 3. The van der Waals surface area contributed by atoms with Crippen molar-refractivity contribution >= 4 is 5.69 Å². The van der Waals surface area contributed by atoms with Crippen LogP contribution in [-0.2, 0) is 9.47 Å². The molecule has 1 spiro atoms.